The van der Waals surface area contributed by atoms with E-state index in [0.29, 0.717) is 23.2 Å². The maximum Gasteiger partial charge on any atom is 0.255 e. The van der Waals surface area contributed by atoms with Gasteiger partial charge in [0.25, 0.3) is 5.91 Å². The average molecular weight is 381 g/mol. The SMILES string of the molecule is CC(O)CN1CCN(c2ncc(C(=O)N3CCCCC3)cc2Cl)CC1C. The molecular weight excluding hydrogens is 352 g/mol. The van der Waals surface area contributed by atoms with Gasteiger partial charge in [-0.25, -0.2) is 4.98 Å². The summed E-state index contributed by atoms with van der Waals surface area (Å²) >= 11 is 6.49. The van der Waals surface area contributed by atoms with Crippen molar-refractivity contribution in [3.63, 3.8) is 0 Å². The van der Waals surface area contributed by atoms with Crippen molar-refractivity contribution in [2.75, 3.05) is 44.2 Å². The Labute approximate surface area is 160 Å². The maximum atomic E-state index is 12.6. The number of hydrogen-bond donors (Lipinski definition) is 1. The van der Waals surface area contributed by atoms with Gasteiger partial charge in [-0.3, -0.25) is 9.69 Å². The number of hydrogen-bond acceptors (Lipinski definition) is 5. The van der Waals surface area contributed by atoms with Crippen LogP contribution in [0.4, 0.5) is 5.82 Å². The lowest BCUT2D eigenvalue weighted by atomic mass is 10.1. The average Bonchev–Trinajstić information content (AvgIpc) is 2.63. The molecule has 2 aliphatic rings. The second kappa shape index (κ2) is 8.55. The van der Waals surface area contributed by atoms with Gasteiger partial charge in [-0.05, 0) is 39.2 Å². The minimum absolute atomic E-state index is 0.0285. The molecule has 0 saturated carbocycles. The van der Waals surface area contributed by atoms with Crippen molar-refractivity contribution in [1.82, 2.24) is 14.8 Å². The van der Waals surface area contributed by atoms with Crippen LogP contribution in [0.25, 0.3) is 0 Å². The molecule has 2 unspecified atom stereocenters. The first-order valence-electron chi connectivity index (χ1n) is 9.57. The molecule has 0 radical (unpaired) electrons. The van der Waals surface area contributed by atoms with Crippen molar-refractivity contribution in [3.05, 3.63) is 22.8 Å². The fraction of sp³-hybridized carbons (Fsp3) is 0.684. The molecule has 2 fully saturated rings. The first-order valence-corrected chi connectivity index (χ1v) is 9.95. The Morgan fingerprint density at radius 3 is 2.65 bits per heavy atom. The molecule has 1 N–H and O–H groups in total. The molecule has 144 valence electrons. The van der Waals surface area contributed by atoms with Crippen molar-refractivity contribution in [1.29, 1.82) is 0 Å². The van der Waals surface area contributed by atoms with Gasteiger partial charge < -0.3 is 14.9 Å². The normalized spacial score (nSPS) is 23.2. The Balaban J connectivity index is 1.67. The van der Waals surface area contributed by atoms with Crippen molar-refractivity contribution >= 4 is 23.3 Å². The van der Waals surface area contributed by atoms with Crippen LogP contribution >= 0.6 is 11.6 Å². The lowest BCUT2D eigenvalue weighted by molar-refractivity contribution is 0.0724. The first kappa shape index (κ1) is 19.4. The molecule has 2 saturated heterocycles. The van der Waals surface area contributed by atoms with Gasteiger partial charge in [-0.15, -0.1) is 0 Å². The third-order valence-electron chi connectivity index (χ3n) is 5.28. The highest BCUT2D eigenvalue weighted by Gasteiger charge is 2.27. The van der Waals surface area contributed by atoms with Crippen LogP contribution in [0.3, 0.4) is 0 Å². The Bertz CT molecular complexity index is 634. The fourth-order valence-electron chi connectivity index (χ4n) is 3.86. The predicted octanol–water partition coefficient (Wildman–Crippen LogP) is 2.25. The minimum atomic E-state index is -0.328. The molecule has 26 heavy (non-hydrogen) atoms. The molecule has 0 aliphatic carbocycles. The molecule has 3 heterocycles. The number of aliphatic hydroxyl groups is 1. The number of amides is 1. The number of anilines is 1. The number of piperazine rings is 1. The number of carbonyl (C=O) groups excluding carboxylic acids is 1. The third kappa shape index (κ3) is 4.48. The lowest BCUT2D eigenvalue weighted by Crippen LogP contribution is -2.53. The standard InChI is InChI=1S/C19H29ClN4O2/c1-14-12-24(9-8-23(14)13-15(2)25)18-17(20)10-16(11-21-18)19(26)22-6-4-3-5-7-22/h10-11,14-15,25H,3-9,12-13H2,1-2H3. The van der Waals surface area contributed by atoms with Crippen LogP contribution in [0.15, 0.2) is 12.3 Å². The zero-order valence-corrected chi connectivity index (χ0v) is 16.5. The first-order chi connectivity index (χ1) is 12.5. The summed E-state index contributed by atoms with van der Waals surface area (Å²) in [4.78, 5) is 23.5. The van der Waals surface area contributed by atoms with Gasteiger partial charge in [-0.2, -0.15) is 0 Å². The number of nitrogens with zero attached hydrogens (tertiary/aromatic N) is 4. The molecule has 0 aromatic carbocycles. The van der Waals surface area contributed by atoms with E-state index < -0.39 is 0 Å². The monoisotopic (exact) mass is 380 g/mol. The van der Waals surface area contributed by atoms with Gasteiger partial charge in [0, 0.05) is 51.5 Å². The quantitative estimate of drug-likeness (QED) is 0.868. The summed E-state index contributed by atoms with van der Waals surface area (Å²) in [5.74, 6) is 0.770. The van der Waals surface area contributed by atoms with E-state index >= 15 is 0 Å². The van der Waals surface area contributed by atoms with Gasteiger partial charge in [0.2, 0.25) is 0 Å². The third-order valence-corrected chi connectivity index (χ3v) is 5.55. The summed E-state index contributed by atoms with van der Waals surface area (Å²) in [5.41, 5.74) is 0.571. The summed E-state index contributed by atoms with van der Waals surface area (Å²) < 4.78 is 0. The molecule has 1 amide bonds. The second-order valence-electron chi connectivity index (χ2n) is 7.52. The largest absolute Gasteiger partial charge is 0.392 e. The van der Waals surface area contributed by atoms with Gasteiger partial charge in [-0.1, -0.05) is 11.6 Å². The van der Waals surface area contributed by atoms with Crippen LogP contribution in [0.2, 0.25) is 5.02 Å². The highest BCUT2D eigenvalue weighted by atomic mass is 35.5. The van der Waals surface area contributed by atoms with Crippen LogP contribution in [0, 0.1) is 0 Å². The fourth-order valence-corrected chi connectivity index (χ4v) is 4.14. The molecular formula is C19H29ClN4O2. The van der Waals surface area contributed by atoms with E-state index in [4.69, 9.17) is 11.6 Å². The zero-order chi connectivity index (χ0) is 18.7. The summed E-state index contributed by atoms with van der Waals surface area (Å²) in [6.07, 6.45) is 4.66. The summed E-state index contributed by atoms with van der Waals surface area (Å²) in [5, 5.41) is 10.1. The minimum Gasteiger partial charge on any atom is -0.392 e. The van der Waals surface area contributed by atoms with Crippen LogP contribution in [0.5, 0.6) is 0 Å². The molecule has 1 aromatic heterocycles. The van der Waals surface area contributed by atoms with E-state index in [1.54, 1.807) is 12.3 Å². The number of likely N-dealkylation sites (tertiary alicyclic amines) is 1. The Hall–Kier alpha value is -1.37. The predicted molar refractivity (Wildman–Crippen MR) is 104 cm³/mol. The highest BCUT2D eigenvalue weighted by Crippen LogP contribution is 2.27. The second-order valence-corrected chi connectivity index (χ2v) is 7.93. The number of aliphatic hydroxyl groups excluding tert-OH is 1. The Kier molecular flexibility index (Phi) is 6.37. The van der Waals surface area contributed by atoms with Crippen LogP contribution in [-0.4, -0.2) is 77.2 Å². The van der Waals surface area contributed by atoms with E-state index in [1.807, 2.05) is 11.8 Å². The summed E-state index contributed by atoms with van der Waals surface area (Å²) in [6, 6.07) is 2.07. The molecule has 7 heteroatoms. The van der Waals surface area contributed by atoms with Crippen molar-refractivity contribution < 1.29 is 9.90 Å². The Morgan fingerprint density at radius 1 is 1.31 bits per heavy atom. The van der Waals surface area contributed by atoms with E-state index in [0.717, 1.165) is 51.4 Å². The van der Waals surface area contributed by atoms with Gasteiger partial charge in [0.1, 0.15) is 5.82 Å². The van der Waals surface area contributed by atoms with Crippen LogP contribution in [0.1, 0.15) is 43.5 Å². The number of carbonyl (C=O) groups is 1. The smallest absolute Gasteiger partial charge is 0.255 e. The van der Waals surface area contributed by atoms with Gasteiger partial charge >= 0.3 is 0 Å². The number of pyridine rings is 1. The summed E-state index contributed by atoms with van der Waals surface area (Å²) in [7, 11) is 0. The lowest BCUT2D eigenvalue weighted by Gasteiger charge is -2.41. The molecule has 2 aliphatic heterocycles. The van der Waals surface area contributed by atoms with E-state index in [2.05, 4.69) is 21.7 Å². The van der Waals surface area contributed by atoms with Crippen molar-refractivity contribution in [2.45, 2.75) is 45.3 Å². The van der Waals surface area contributed by atoms with E-state index in [9.17, 15) is 9.90 Å². The molecule has 0 bridgehead atoms. The van der Waals surface area contributed by atoms with Crippen LogP contribution in [-0.2, 0) is 0 Å². The molecule has 3 rings (SSSR count). The number of aromatic nitrogens is 1. The highest BCUT2D eigenvalue weighted by molar-refractivity contribution is 6.33. The van der Waals surface area contributed by atoms with Crippen LogP contribution < -0.4 is 4.90 Å². The van der Waals surface area contributed by atoms with Crippen molar-refractivity contribution in [3.8, 4) is 0 Å². The molecule has 6 nitrogen and oxygen atoms in total. The Morgan fingerprint density at radius 2 is 2.04 bits per heavy atom. The number of β-amino-alcohol motifs (C(OH)–C–C–N with tert-alkyl or cyclic N) is 1. The van der Waals surface area contributed by atoms with E-state index in [1.165, 1.54) is 6.42 Å². The zero-order valence-electron chi connectivity index (χ0n) is 15.7. The molecule has 2 atom stereocenters. The molecule has 0 spiro atoms. The topological polar surface area (TPSA) is 59.9 Å². The van der Waals surface area contributed by atoms with Gasteiger partial charge in [0.15, 0.2) is 0 Å². The molecule has 1 aromatic rings. The number of halogens is 1. The number of piperidine rings is 1. The van der Waals surface area contributed by atoms with Gasteiger partial charge in [0.05, 0.1) is 16.7 Å². The summed E-state index contributed by atoms with van der Waals surface area (Å²) in [6.45, 7) is 8.76. The number of rotatable bonds is 4. The van der Waals surface area contributed by atoms with E-state index in [-0.39, 0.29) is 12.0 Å². The maximum absolute atomic E-state index is 12.6. The van der Waals surface area contributed by atoms with Crippen molar-refractivity contribution in [2.24, 2.45) is 0 Å².